The molecule has 146 valence electrons. The molecule has 26 heavy (non-hydrogen) atoms. The fourth-order valence-corrected chi connectivity index (χ4v) is 3.36. The minimum atomic E-state index is -0.00239. The Balaban J connectivity index is 1.93. The van der Waals surface area contributed by atoms with E-state index < -0.39 is 0 Å². The van der Waals surface area contributed by atoms with E-state index in [-0.39, 0.29) is 5.91 Å². The highest BCUT2D eigenvalue weighted by Crippen LogP contribution is 2.34. The van der Waals surface area contributed by atoms with E-state index >= 15 is 0 Å². The van der Waals surface area contributed by atoms with E-state index in [1.165, 1.54) is 0 Å². The lowest BCUT2D eigenvalue weighted by atomic mass is 10.1. The molecule has 1 aromatic carbocycles. The second-order valence-corrected chi connectivity index (χ2v) is 7.09. The molecule has 1 saturated heterocycles. The zero-order valence-electron chi connectivity index (χ0n) is 15.8. The molecule has 1 heterocycles. The fourth-order valence-electron chi connectivity index (χ4n) is 2.89. The number of morpholine rings is 1. The summed E-state index contributed by atoms with van der Waals surface area (Å²) in [5.41, 5.74) is 0.883. The summed E-state index contributed by atoms with van der Waals surface area (Å²) in [6.45, 7) is 11.1. The Morgan fingerprint density at radius 1 is 1.23 bits per heavy atom. The second-order valence-electron chi connectivity index (χ2n) is 6.23. The van der Waals surface area contributed by atoms with Crippen LogP contribution >= 0.6 is 15.9 Å². The normalized spacial score (nSPS) is 16.2. The minimum Gasteiger partial charge on any atom is -0.490 e. The van der Waals surface area contributed by atoms with Gasteiger partial charge in [0.25, 0.3) is 0 Å². The van der Waals surface area contributed by atoms with Crippen LogP contribution in [-0.4, -0.2) is 62.9 Å². The number of hydrogen-bond acceptors (Lipinski definition) is 5. The van der Waals surface area contributed by atoms with E-state index in [9.17, 15) is 4.79 Å². The third-order valence-corrected chi connectivity index (χ3v) is 5.07. The molecule has 1 amide bonds. The molecule has 0 spiro atoms. The summed E-state index contributed by atoms with van der Waals surface area (Å²) in [4.78, 5) is 14.7. The van der Waals surface area contributed by atoms with Crippen molar-refractivity contribution in [1.29, 1.82) is 0 Å². The Hall–Kier alpha value is -1.31. The first kappa shape index (κ1) is 21.0. The molecule has 7 heteroatoms. The number of hydrogen-bond donors (Lipinski definition) is 1. The lowest BCUT2D eigenvalue weighted by Gasteiger charge is -2.32. The number of ether oxygens (including phenoxy) is 3. The Kier molecular flexibility index (Phi) is 8.68. The molecular weight excluding hydrogens is 400 g/mol. The minimum absolute atomic E-state index is 0.00239. The maximum atomic E-state index is 12.4. The molecule has 6 nitrogen and oxygen atoms in total. The number of amides is 1. The molecule has 1 unspecified atom stereocenters. The highest BCUT2D eigenvalue weighted by atomic mass is 79.9. The molecule has 0 saturated carbocycles. The number of carbonyl (C=O) groups excluding carboxylic acids is 1. The number of nitrogens with zero attached hydrogens (tertiary/aromatic N) is 1. The van der Waals surface area contributed by atoms with Gasteiger partial charge in [-0.2, -0.15) is 0 Å². The van der Waals surface area contributed by atoms with Crippen LogP contribution in [0.3, 0.4) is 0 Å². The molecule has 0 bridgehead atoms. The van der Waals surface area contributed by atoms with Crippen molar-refractivity contribution in [2.45, 2.75) is 33.2 Å². The first-order chi connectivity index (χ1) is 12.5. The van der Waals surface area contributed by atoms with E-state index in [4.69, 9.17) is 14.2 Å². The molecular formula is C19H29BrN2O4. The maximum Gasteiger partial charge on any atom is 0.224 e. The van der Waals surface area contributed by atoms with Crippen LogP contribution in [-0.2, 0) is 16.0 Å². The summed E-state index contributed by atoms with van der Waals surface area (Å²) in [5.74, 6) is 1.35. The van der Waals surface area contributed by atoms with E-state index in [1.807, 2.05) is 26.0 Å². The summed E-state index contributed by atoms with van der Waals surface area (Å²) in [7, 11) is 0. The van der Waals surface area contributed by atoms with Crippen LogP contribution in [0, 0.1) is 0 Å². The van der Waals surface area contributed by atoms with Gasteiger partial charge in [0.15, 0.2) is 11.5 Å². The highest BCUT2D eigenvalue weighted by Gasteiger charge is 2.18. The van der Waals surface area contributed by atoms with Gasteiger partial charge >= 0.3 is 0 Å². The monoisotopic (exact) mass is 428 g/mol. The maximum absolute atomic E-state index is 12.4. The van der Waals surface area contributed by atoms with Crippen molar-refractivity contribution in [3.63, 3.8) is 0 Å². The van der Waals surface area contributed by atoms with Crippen LogP contribution < -0.4 is 14.8 Å². The van der Waals surface area contributed by atoms with E-state index in [1.54, 1.807) is 0 Å². The topological polar surface area (TPSA) is 60.0 Å². The van der Waals surface area contributed by atoms with Gasteiger partial charge in [-0.05, 0) is 38.5 Å². The third-order valence-electron chi connectivity index (χ3n) is 4.33. The predicted molar refractivity (Wildman–Crippen MR) is 105 cm³/mol. The van der Waals surface area contributed by atoms with Crippen molar-refractivity contribution in [3.8, 4) is 11.5 Å². The Morgan fingerprint density at radius 3 is 2.46 bits per heavy atom. The van der Waals surface area contributed by atoms with Crippen molar-refractivity contribution in [2.75, 3.05) is 46.1 Å². The van der Waals surface area contributed by atoms with Crippen molar-refractivity contribution in [1.82, 2.24) is 10.2 Å². The quantitative estimate of drug-likeness (QED) is 0.654. The first-order valence-corrected chi connectivity index (χ1v) is 10.0. The molecule has 1 N–H and O–H groups in total. The van der Waals surface area contributed by atoms with Gasteiger partial charge in [0, 0.05) is 30.1 Å². The largest absolute Gasteiger partial charge is 0.490 e. The predicted octanol–water partition coefficient (Wildman–Crippen LogP) is 2.63. The average Bonchev–Trinajstić information content (AvgIpc) is 2.64. The summed E-state index contributed by atoms with van der Waals surface area (Å²) < 4.78 is 17.5. The number of benzene rings is 1. The van der Waals surface area contributed by atoms with Gasteiger partial charge in [0.05, 0.1) is 32.8 Å². The summed E-state index contributed by atoms with van der Waals surface area (Å²) in [5, 5.41) is 3.03. The number of halogens is 1. The Morgan fingerprint density at radius 2 is 1.85 bits per heavy atom. The molecule has 1 aliphatic rings. The molecule has 1 aromatic rings. The van der Waals surface area contributed by atoms with Crippen LogP contribution in [0.15, 0.2) is 16.6 Å². The van der Waals surface area contributed by atoms with Crippen LogP contribution in [0.25, 0.3) is 0 Å². The lowest BCUT2D eigenvalue weighted by molar-refractivity contribution is -0.120. The van der Waals surface area contributed by atoms with Gasteiger partial charge in [0.1, 0.15) is 0 Å². The van der Waals surface area contributed by atoms with Crippen LogP contribution in [0.2, 0.25) is 0 Å². The van der Waals surface area contributed by atoms with Crippen LogP contribution in [0.5, 0.6) is 11.5 Å². The lowest BCUT2D eigenvalue weighted by Crippen LogP contribution is -2.47. The standard InChI is InChI=1S/C19H29BrN2O4/c1-4-25-17-10-15(16(20)12-18(17)26-5-2)11-19(23)21-13-14(3)22-6-8-24-9-7-22/h10,12,14H,4-9,11,13H2,1-3H3,(H,21,23). The van der Waals surface area contributed by atoms with Crippen molar-refractivity contribution in [3.05, 3.63) is 22.2 Å². The number of nitrogens with one attached hydrogen (secondary N) is 1. The molecule has 1 aliphatic heterocycles. The average molecular weight is 429 g/mol. The highest BCUT2D eigenvalue weighted by molar-refractivity contribution is 9.10. The SMILES string of the molecule is CCOc1cc(Br)c(CC(=O)NCC(C)N2CCOCC2)cc1OCC. The Bertz CT molecular complexity index is 591. The zero-order chi connectivity index (χ0) is 18.9. The number of carbonyl (C=O) groups is 1. The molecule has 0 aromatic heterocycles. The van der Waals surface area contributed by atoms with Gasteiger partial charge in [-0.25, -0.2) is 0 Å². The van der Waals surface area contributed by atoms with E-state index in [0.29, 0.717) is 43.7 Å². The van der Waals surface area contributed by atoms with Gasteiger partial charge in [-0.15, -0.1) is 0 Å². The van der Waals surface area contributed by atoms with Crippen LogP contribution in [0.4, 0.5) is 0 Å². The third kappa shape index (κ3) is 6.14. The van der Waals surface area contributed by atoms with Gasteiger partial charge in [-0.1, -0.05) is 15.9 Å². The van der Waals surface area contributed by atoms with Crippen LogP contribution in [0.1, 0.15) is 26.3 Å². The fraction of sp³-hybridized carbons (Fsp3) is 0.632. The van der Waals surface area contributed by atoms with Crippen molar-refractivity contribution < 1.29 is 19.0 Å². The molecule has 2 rings (SSSR count). The van der Waals surface area contributed by atoms with Gasteiger partial charge < -0.3 is 19.5 Å². The molecule has 0 radical (unpaired) electrons. The van der Waals surface area contributed by atoms with Crippen molar-refractivity contribution >= 4 is 21.8 Å². The first-order valence-electron chi connectivity index (χ1n) is 9.21. The number of rotatable bonds is 9. The smallest absolute Gasteiger partial charge is 0.224 e. The van der Waals surface area contributed by atoms with Gasteiger partial charge in [0.2, 0.25) is 5.91 Å². The summed E-state index contributed by atoms with van der Waals surface area (Å²) in [6, 6.07) is 4.04. The Labute approximate surface area is 164 Å². The van der Waals surface area contributed by atoms with E-state index in [2.05, 4.69) is 33.1 Å². The summed E-state index contributed by atoms with van der Waals surface area (Å²) in [6.07, 6.45) is 0.295. The van der Waals surface area contributed by atoms with E-state index in [0.717, 1.165) is 36.3 Å². The molecule has 1 atom stereocenters. The van der Waals surface area contributed by atoms with Gasteiger partial charge in [-0.3, -0.25) is 9.69 Å². The summed E-state index contributed by atoms with van der Waals surface area (Å²) >= 11 is 3.54. The second kappa shape index (κ2) is 10.7. The van der Waals surface area contributed by atoms with Crippen molar-refractivity contribution in [2.24, 2.45) is 0 Å². The molecule has 1 fully saturated rings. The molecule has 0 aliphatic carbocycles. The zero-order valence-corrected chi connectivity index (χ0v) is 17.4.